The fourth-order valence-corrected chi connectivity index (χ4v) is 9.45. The fraction of sp³-hybridized carbons (Fsp3) is 0.581. The average Bonchev–Trinajstić information content (AvgIpc) is 3.35. The number of thioether (sulfide) groups is 1. The van der Waals surface area contributed by atoms with Gasteiger partial charge in [0.25, 0.3) is 0 Å². The lowest BCUT2D eigenvalue weighted by Crippen LogP contribution is -2.56. The molecule has 3 fully saturated rings. The van der Waals surface area contributed by atoms with Gasteiger partial charge in [-0.3, -0.25) is 14.4 Å². The summed E-state index contributed by atoms with van der Waals surface area (Å²) >= 11 is 1.57. The maximum absolute atomic E-state index is 14.7. The van der Waals surface area contributed by atoms with Crippen LogP contribution >= 0.6 is 11.8 Å². The van der Waals surface area contributed by atoms with E-state index in [1.165, 1.54) is 6.42 Å². The van der Waals surface area contributed by atoms with Crippen molar-refractivity contribution in [2.24, 2.45) is 11.8 Å². The van der Waals surface area contributed by atoms with Crippen LogP contribution in [0.15, 0.2) is 54.6 Å². The van der Waals surface area contributed by atoms with E-state index in [2.05, 4.69) is 18.2 Å². The van der Waals surface area contributed by atoms with Crippen molar-refractivity contribution in [2.45, 2.75) is 79.5 Å². The lowest BCUT2D eigenvalue weighted by atomic mass is 9.78. The van der Waals surface area contributed by atoms with E-state index in [9.17, 15) is 19.5 Å². The highest BCUT2D eigenvalue weighted by Gasteiger charge is 2.72. The van der Waals surface area contributed by atoms with Gasteiger partial charge in [-0.25, -0.2) is 0 Å². The van der Waals surface area contributed by atoms with Gasteiger partial charge in [-0.15, -0.1) is 11.8 Å². The van der Waals surface area contributed by atoms with Gasteiger partial charge in [0.15, 0.2) is 0 Å². The van der Waals surface area contributed by atoms with Gasteiger partial charge in [-0.1, -0.05) is 73.9 Å². The maximum atomic E-state index is 14.7. The Labute approximate surface area is 234 Å². The summed E-state index contributed by atoms with van der Waals surface area (Å²) in [4.78, 5) is 46.4. The maximum Gasteiger partial charge on any atom is 0.311 e. The molecule has 208 valence electrons. The molecule has 39 heavy (non-hydrogen) atoms. The number of carbonyl (C=O) groups is 3. The molecular weight excluding hydrogens is 512 g/mol. The van der Waals surface area contributed by atoms with Gasteiger partial charge in [0.1, 0.15) is 6.04 Å². The number of amides is 2. The Kier molecular flexibility index (Phi) is 7.60. The van der Waals surface area contributed by atoms with Crippen molar-refractivity contribution in [3.05, 3.63) is 60.2 Å². The fourth-order valence-electron chi connectivity index (χ4n) is 7.46. The highest BCUT2D eigenvalue weighted by atomic mass is 32.2. The van der Waals surface area contributed by atoms with E-state index in [0.29, 0.717) is 13.2 Å². The average molecular weight is 551 g/mol. The van der Waals surface area contributed by atoms with E-state index in [4.69, 9.17) is 4.74 Å². The molecule has 1 spiro atoms. The molecule has 1 saturated carbocycles. The Morgan fingerprint density at radius 3 is 2.56 bits per heavy atom. The zero-order chi connectivity index (χ0) is 27.0. The normalized spacial score (nSPS) is 35.1. The van der Waals surface area contributed by atoms with Crippen LogP contribution in [0.4, 0.5) is 0 Å². The third-order valence-electron chi connectivity index (χ3n) is 9.28. The topological polar surface area (TPSA) is 87.2 Å². The molecule has 4 aliphatic heterocycles. The second kappa shape index (κ2) is 11.1. The summed E-state index contributed by atoms with van der Waals surface area (Å²) in [5.41, 5.74) is 0.781. The number of hydrogen-bond acceptors (Lipinski definition) is 6. The van der Waals surface area contributed by atoms with E-state index < -0.39 is 28.7 Å². The van der Waals surface area contributed by atoms with Crippen molar-refractivity contribution in [3.8, 4) is 0 Å². The van der Waals surface area contributed by atoms with E-state index in [0.717, 1.165) is 50.5 Å². The van der Waals surface area contributed by atoms with Crippen LogP contribution < -0.4 is 0 Å². The molecule has 4 heterocycles. The van der Waals surface area contributed by atoms with Crippen molar-refractivity contribution in [3.63, 3.8) is 0 Å². The van der Waals surface area contributed by atoms with Gasteiger partial charge < -0.3 is 19.6 Å². The molecule has 5 aliphatic rings. The molecule has 8 heteroatoms. The van der Waals surface area contributed by atoms with Crippen LogP contribution in [0.3, 0.4) is 0 Å². The Hall–Kier alpha value is -2.58. The lowest BCUT2D eigenvalue weighted by molar-refractivity contribution is -0.154. The summed E-state index contributed by atoms with van der Waals surface area (Å²) in [7, 11) is 0. The van der Waals surface area contributed by atoms with Crippen molar-refractivity contribution in [1.82, 2.24) is 9.80 Å². The Morgan fingerprint density at radius 2 is 1.79 bits per heavy atom. The molecule has 1 aromatic carbocycles. The number of allylic oxidation sites excluding steroid dienone is 1. The van der Waals surface area contributed by atoms with Crippen LogP contribution in [0.1, 0.15) is 63.0 Å². The highest BCUT2D eigenvalue weighted by Crippen LogP contribution is 2.62. The molecule has 6 rings (SSSR count). The number of rotatable bonds is 4. The van der Waals surface area contributed by atoms with E-state index in [1.807, 2.05) is 41.3 Å². The smallest absolute Gasteiger partial charge is 0.311 e. The van der Waals surface area contributed by atoms with Gasteiger partial charge >= 0.3 is 5.97 Å². The largest absolute Gasteiger partial charge is 0.465 e. The molecule has 1 N–H and O–H groups in total. The first-order valence-corrected chi connectivity index (χ1v) is 15.4. The summed E-state index contributed by atoms with van der Waals surface area (Å²) in [6.45, 7) is 0.537. The highest BCUT2D eigenvalue weighted by molar-refractivity contribution is 8.02. The van der Waals surface area contributed by atoms with Crippen molar-refractivity contribution in [1.29, 1.82) is 0 Å². The molecule has 0 bridgehead atoms. The first-order chi connectivity index (χ1) is 19.1. The Bertz CT molecular complexity index is 1150. The summed E-state index contributed by atoms with van der Waals surface area (Å²) in [5, 5.41) is 10.4. The zero-order valence-corrected chi connectivity index (χ0v) is 23.1. The predicted molar refractivity (Wildman–Crippen MR) is 150 cm³/mol. The molecule has 0 radical (unpaired) electrons. The van der Waals surface area contributed by atoms with E-state index >= 15 is 0 Å². The number of benzene rings is 1. The molecule has 1 unspecified atom stereocenters. The summed E-state index contributed by atoms with van der Waals surface area (Å²) < 4.78 is 4.81. The number of fused-ring (bicyclic) bond motifs is 2. The SMILES string of the molecule is O=C1OCCCC/C=C\[C@H]2S[C@]34C=CCN(C5CCCCC5)C(=O)C3N([C@H](CO)c3ccccc3)C(=O)[C@@H]4[C@@H]12. The third kappa shape index (κ3) is 4.53. The first kappa shape index (κ1) is 26.6. The first-order valence-electron chi connectivity index (χ1n) is 14.5. The van der Waals surface area contributed by atoms with Crippen LogP contribution in [-0.4, -0.2) is 74.5 Å². The predicted octanol–water partition coefficient (Wildman–Crippen LogP) is 4.03. The third-order valence-corrected chi connectivity index (χ3v) is 11.0. The lowest BCUT2D eigenvalue weighted by Gasteiger charge is -2.41. The molecule has 2 saturated heterocycles. The number of aliphatic hydroxyl groups excluding tert-OH is 1. The van der Waals surface area contributed by atoms with Gasteiger partial charge in [-0.2, -0.15) is 0 Å². The summed E-state index contributed by atoms with van der Waals surface area (Å²) in [6.07, 6.45) is 16.2. The number of cyclic esters (lactones) is 1. The van der Waals surface area contributed by atoms with Gasteiger partial charge in [-0.05, 0) is 37.7 Å². The summed E-state index contributed by atoms with van der Waals surface area (Å²) in [6, 6.07) is 8.09. The standard InChI is InChI=1S/C31H38N2O5S/c34-20-23(21-12-5-3-6-13-21)33-27-29(36)32(22-14-7-4-8-15-22)18-11-17-31(27)26(28(33)35)25-24(39-31)16-9-1-2-10-19-38-30(25)37/h3,5-6,9,11-13,16-17,22-27,34H,1-2,4,7-8,10,14-15,18-20H2/b16-9-/t23-,24-,25+,26+,27?,31+/m1/s1. The van der Waals surface area contributed by atoms with Crippen LogP contribution in [0.5, 0.6) is 0 Å². The van der Waals surface area contributed by atoms with Crippen LogP contribution in [-0.2, 0) is 19.1 Å². The molecule has 2 amide bonds. The molecular formula is C31H38N2O5S. The molecule has 0 aromatic heterocycles. The number of likely N-dealkylation sites (tertiary alicyclic amines) is 1. The van der Waals surface area contributed by atoms with Crippen molar-refractivity contribution < 1.29 is 24.2 Å². The minimum atomic E-state index is -0.910. The van der Waals surface area contributed by atoms with Crippen LogP contribution in [0, 0.1) is 11.8 Å². The van der Waals surface area contributed by atoms with Gasteiger partial charge in [0.05, 0.1) is 35.8 Å². The number of aliphatic hydroxyl groups is 1. The second-order valence-corrected chi connectivity index (χ2v) is 13.0. The van der Waals surface area contributed by atoms with Gasteiger partial charge in [0, 0.05) is 17.8 Å². The zero-order valence-electron chi connectivity index (χ0n) is 22.3. The second-order valence-electron chi connectivity index (χ2n) is 11.5. The molecule has 1 aromatic rings. The molecule has 1 aliphatic carbocycles. The minimum absolute atomic E-state index is 0.0642. The number of carbonyl (C=O) groups excluding carboxylic acids is 3. The Morgan fingerprint density at radius 1 is 1.00 bits per heavy atom. The van der Waals surface area contributed by atoms with E-state index in [1.54, 1.807) is 16.7 Å². The quantitative estimate of drug-likeness (QED) is 0.450. The number of hydrogen-bond donors (Lipinski definition) is 1. The number of esters is 1. The monoisotopic (exact) mass is 550 g/mol. The van der Waals surface area contributed by atoms with Crippen molar-refractivity contribution >= 4 is 29.5 Å². The molecule has 6 atom stereocenters. The molecule has 7 nitrogen and oxygen atoms in total. The summed E-state index contributed by atoms with van der Waals surface area (Å²) in [5.74, 6) is -2.08. The van der Waals surface area contributed by atoms with Crippen LogP contribution in [0.25, 0.3) is 0 Å². The van der Waals surface area contributed by atoms with Crippen molar-refractivity contribution in [2.75, 3.05) is 19.8 Å². The van der Waals surface area contributed by atoms with Crippen LogP contribution in [0.2, 0.25) is 0 Å². The van der Waals surface area contributed by atoms with Gasteiger partial charge in [0.2, 0.25) is 11.8 Å². The Balaban J connectivity index is 1.47. The number of nitrogens with zero attached hydrogens (tertiary/aromatic N) is 2. The van der Waals surface area contributed by atoms with E-state index in [-0.39, 0.29) is 35.7 Å². The number of ether oxygens (including phenoxy) is 1. The minimum Gasteiger partial charge on any atom is -0.465 e.